The summed E-state index contributed by atoms with van der Waals surface area (Å²) in [6.07, 6.45) is 6.91. The van der Waals surface area contributed by atoms with Gasteiger partial charge < -0.3 is 28.4 Å². The predicted octanol–water partition coefficient (Wildman–Crippen LogP) is 1.34. The van der Waals surface area contributed by atoms with Gasteiger partial charge in [-0.3, -0.25) is 9.35 Å². The van der Waals surface area contributed by atoms with Crippen molar-refractivity contribution in [2.45, 2.75) is 106 Å². The molecular weight excluding hydrogens is 1080 g/mol. The number of carboxylic acids is 1. The summed E-state index contributed by atoms with van der Waals surface area (Å²) in [5, 5.41) is 9.12. The first-order valence-electron chi connectivity index (χ1n) is 22.7. The molecule has 3 aliphatic rings. The van der Waals surface area contributed by atoms with Crippen LogP contribution in [0.3, 0.4) is 0 Å². The van der Waals surface area contributed by atoms with Crippen LogP contribution < -0.4 is 68.8 Å². The van der Waals surface area contributed by atoms with E-state index in [1.54, 1.807) is 61.5 Å². The van der Waals surface area contributed by atoms with Crippen LogP contribution in [0, 0.1) is 17.5 Å². The van der Waals surface area contributed by atoms with E-state index in [1.165, 1.54) is 30.3 Å². The Labute approximate surface area is 473 Å². The van der Waals surface area contributed by atoms with Gasteiger partial charge in [-0.2, -0.15) is 13.0 Å². The Kier molecular flexibility index (Phi) is 21.1. The van der Waals surface area contributed by atoms with Crippen LogP contribution in [0.1, 0.15) is 102 Å². The van der Waals surface area contributed by atoms with Crippen LogP contribution in [0.5, 0.6) is 5.75 Å². The van der Waals surface area contributed by atoms with Gasteiger partial charge in [0, 0.05) is 71.5 Å². The molecule has 3 aromatic rings. The van der Waals surface area contributed by atoms with Crippen LogP contribution in [0.25, 0.3) is 5.57 Å². The fraction of sp³-hybridized carbons (Fsp3) is 0.417. The number of nitrogens with zero attached hydrogens (tertiary/aromatic N) is 2. The van der Waals surface area contributed by atoms with Crippen LogP contribution in [0.4, 0.5) is 24.5 Å². The van der Waals surface area contributed by atoms with Gasteiger partial charge in [0.25, 0.3) is 10.1 Å². The Morgan fingerprint density at radius 1 is 0.770 bits per heavy atom. The van der Waals surface area contributed by atoms with E-state index in [4.69, 9.17) is 9.84 Å². The topological polar surface area (TPSA) is 279 Å². The Morgan fingerprint density at radius 2 is 1.39 bits per heavy atom. The third kappa shape index (κ3) is 14.9. The van der Waals surface area contributed by atoms with Crippen molar-refractivity contribution in [1.82, 2.24) is 0 Å². The van der Waals surface area contributed by atoms with Crippen molar-refractivity contribution in [2.24, 2.45) is 0 Å². The van der Waals surface area contributed by atoms with Crippen molar-refractivity contribution >= 4 is 69.1 Å². The van der Waals surface area contributed by atoms with Crippen LogP contribution in [-0.2, 0) is 56.1 Å². The smallest absolute Gasteiger partial charge is 0.748 e. The summed E-state index contributed by atoms with van der Waals surface area (Å²) < 4.78 is 196. The van der Waals surface area contributed by atoms with E-state index in [-0.39, 0.29) is 123 Å². The molecule has 0 bridgehead atoms. The molecule has 6 rings (SSSR count). The second-order valence-electron chi connectivity index (χ2n) is 18.7. The largest absolute Gasteiger partial charge is 1.00 e. The van der Waals surface area contributed by atoms with Gasteiger partial charge >= 0.3 is 65.1 Å². The SMILES string of the molecule is CC1(C)C(=CC=C2CCCC(C=CC3=[N+](CCCCS(=O)(=O)[O-])c4ccc(S(=O)(=O)[O-])cc4C3(C)C)=C2c2c(F)cc(F)c(OCCCC(=O)O)c2F)N(CCCCS(=O)(=O)[O-])c2ccc(S(=O)(=O)O)cc21.[Na+].[Na+]. The zero-order chi connectivity index (χ0) is 53.4. The minimum atomic E-state index is -4.92. The van der Waals surface area contributed by atoms with Gasteiger partial charge in [0.15, 0.2) is 23.1 Å². The number of allylic oxidation sites excluding steroid dienone is 8. The van der Waals surface area contributed by atoms with E-state index in [0.717, 1.165) is 6.07 Å². The maximum Gasteiger partial charge on any atom is 1.00 e. The van der Waals surface area contributed by atoms with Crippen molar-refractivity contribution in [3.63, 3.8) is 0 Å². The molecule has 2 heterocycles. The molecule has 0 spiro atoms. The molecule has 0 fully saturated rings. The number of ether oxygens (including phenoxy) is 1. The summed E-state index contributed by atoms with van der Waals surface area (Å²) in [5.41, 5.74) is 0.554. The predicted molar refractivity (Wildman–Crippen MR) is 256 cm³/mol. The van der Waals surface area contributed by atoms with E-state index < -0.39 is 120 Å². The third-order valence-electron chi connectivity index (χ3n) is 12.9. The molecule has 26 heteroatoms. The number of fused-ring (bicyclic) bond motifs is 2. The molecule has 1 aliphatic carbocycles. The summed E-state index contributed by atoms with van der Waals surface area (Å²) in [7, 11) is -18.7. The molecular formula is C48H53F3N2Na2O15S4. The van der Waals surface area contributed by atoms with Crippen LogP contribution in [-0.4, -0.2) is 104 Å². The van der Waals surface area contributed by atoms with E-state index in [9.17, 15) is 56.7 Å². The monoisotopic (exact) mass is 1130 g/mol. The zero-order valence-corrected chi connectivity index (χ0v) is 48.9. The normalized spacial score (nSPS) is 17.7. The first-order valence-corrected chi connectivity index (χ1v) is 28.7. The number of rotatable bonds is 21. The third-order valence-corrected chi connectivity index (χ3v) is 16.2. The number of anilines is 1. The number of benzene rings is 3. The van der Waals surface area contributed by atoms with Gasteiger partial charge in [-0.05, 0) is 117 Å². The van der Waals surface area contributed by atoms with Crippen molar-refractivity contribution < 1.29 is 143 Å². The molecule has 0 saturated carbocycles. The second-order valence-corrected chi connectivity index (χ2v) is 24.5. The number of hydrogen-bond acceptors (Lipinski definition) is 14. The second kappa shape index (κ2) is 24.6. The van der Waals surface area contributed by atoms with Crippen molar-refractivity contribution in [2.75, 3.05) is 36.1 Å². The van der Waals surface area contributed by atoms with E-state index in [0.29, 0.717) is 57.5 Å². The van der Waals surface area contributed by atoms with Crippen LogP contribution >= 0.6 is 0 Å². The Hall–Kier alpha value is -3.21. The quantitative estimate of drug-likeness (QED) is 0.0659. The molecule has 0 aromatic heterocycles. The molecule has 0 atom stereocenters. The van der Waals surface area contributed by atoms with Crippen LogP contribution in [0.15, 0.2) is 93.4 Å². The number of halogens is 3. The molecule has 0 amide bonds. The summed E-state index contributed by atoms with van der Waals surface area (Å²) in [6, 6.07) is 8.17. The van der Waals surface area contributed by atoms with E-state index in [1.807, 2.05) is 0 Å². The van der Waals surface area contributed by atoms with Crippen molar-refractivity contribution in [3.8, 4) is 5.75 Å². The number of aliphatic carboxylic acids is 1. The molecule has 17 nitrogen and oxygen atoms in total. The maximum atomic E-state index is 17.0. The Bertz CT molecular complexity index is 3320. The number of carbonyl (C=O) groups is 1. The summed E-state index contributed by atoms with van der Waals surface area (Å²) in [6.45, 7) is 6.76. The van der Waals surface area contributed by atoms with Crippen molar-refractivity contribution in [1.29, 1.82) is 0 Å². The standard InChI is InChI=1S/C48H55F3N2O15S4.2Na/c1-47(2)34-27-32(71(62,63)64)16-18-38(34)52(22-5-7-25-69(56,57)58)40(47)20-14-30-11-9-12-31(43(30)44-36(49)29-37(50)46(45(44)51)68-24-10-13-42(54)55)15-21-41-48(3,4)35-28-33(72(65,66)67)17-19-39(35)53(41)23-6-8-26-70(59,60)61;;/h14-21,27-29H,5-13,22-26H2,1-4H3,(H4-,54,55,56,57,58,59,60,61,62,63,64,65,66,67);;/q;2*+1/p-2. The fourth-order valence-corrected chi connectivity index (χ4v) is 11.6. The van der Waals surface area contributed by atoms with Gasteiger partial charge in [-0.25, -0.2) is 38.4 Å². The van der Waals surface area contributed by atoms with Gasteiger partial charge in [0.05, 0.1) is 47.6 Å². The maximum absolute atomic E-state index is 17.0. The van der Waals surface area contributed by atoms with Gasteiger partial charge in [-0.1, -0.05) is 26.0 Å². The number of carboxylic acid groups (broad SMARTS) is 1. The summed E-state index contributed by atoms with van der Waals surface area (Å²) >= 11 is 0. The Morgan fingerprint density at radius 3 is 2.00 bits per heavy atom. The molecule has 2 N–H and O–H groups in total. The van der Waals surface area contributed by atoms with E-state index >= 15 is 13.2 Å². The molecule has 74 heavy (non-hydrogen) atoms. The molecule has 0 radical (unpaired) electrons. The van der Waals surface area contributed by atoms with Crippen molar-refractivity contribution in [3.05, 3.63) is 118 Å². The molecule has 0 saturated heterocycles. The average Bonchev–Trinajstić information content (AvgIpc) is 3.60. The minimum Gasteiger partial charge on any atom is -0.748 e. The van der Waals surface area contributed by atoms with E-state index in [2.05, 4.69) is 0 Å². The molecule has 3 aromatic carbocycles. The Balaban J connectivity index is 0.00000593. The zero-order valence-electron chi connectivity index (χ0n) is 41.6. The van der Waals surface area contributed by atoms with Gasteiger partial charge in [0.2, 0.25) is 5.69 Å². The molecule has 2 aliphatic heterocycles. The van der Waals surface area contributed by atoms with Gasteiger partial charge in [-0.15, -0.1) is 0 Å². The number of hydrogen-bond donors (Lipinski definition) is 2. The van der Waals surface area contributed by atoms with Crippen LogP contribution in [0.2, 0.25) is 0 Å². The van der Waals surface area contributed by atoms with Gasteiger partial charge in [0.1, 0.15) is 22.5 Å². The number of unbranched alkanes of at least 4 members (excludes halogenated alkanes) is 2. The first-order chi connectivity index (χ1) is 33.3. The molecule has 0 unspecified atom stereocenters. The summed E-state index contributed by atoms with van der Waals surface area (Å²) in [4.78, 5) is 12.0. The summed E-state index contributed by atoms with van der Waals surface area (Å²) in [5.74, 6) is -7.63. The first kappa shape index (κ1) is 63.3. The fourth-order valence-electron chi connectivity index (χ4n) is 9.47. The average molecular weight is 1130 g/mol. The minimum absolute atomic E-state index is 0. The molecule has 392 valence electrons.